The number of anilines is 2. The van der Waals surface area contributed by atoms with Crippen LogP contribution in [0.1, 0.15) is 34.3 Å². The Balaban J connectivity index is 1.44. The van der Waals surface area contributed by atoms with E-state index < -0.39 is 0 Å². The number of para-hydroxylation sites is 1. The molecule has 2 amide bonds. The molecule has 3 aromatic rings. The Bertz CT molecular complexity index is 1100. The third kappa shape index (κ3) is 5.09. The fraction of sp³-hybridized carbons (Fsp3) is 0.231. The van der Waals surface area contributed by atoms with Crippen molar-refractivity contribution in [3.8, 4) is 5.75 Å². The fourth-order valence-corrected chi connectivity index (χ4v) is 3.85. The Labute approximate surface area is 188 Å². The number of carbonyl (C=O) groups is 2. The lowest BCUT2D eigenvalue weighted by Crippen LogP contribution is -2.27. The molecule has 0 bridgehead atoms. The molecule has 1 aliphatic rings. The molecule has 32 heavy (non-hydrogen) atoms. The summed E-state index contributed by atoms with van der Waals surface area (Å²) in [5, 5.41) is 6.34. The van der Waals surface area contributed by atoms with Crippen LogP contribution in [0.3, 0.4) is 0 Å². The van der Waals surface area contributed by atoms with Crippen molar-refractivity contribution in [1.29, 1.82) is 0 Å². The second kappa shape index (κ2) is 10.0. The Morgan fingerprint density at radius 2 is 1.69 bits per heavy atom. The van der Waals surface area contributed by atoms with E-state index in [4.69, 9.17) is 4.74 Å². The number of amides is 2. The third-order valence-electron chi connectivity index (χ3n) is 5.63. The van der Waals surface area contributed by atoms with Crippen LogP contribution >= 0.6 is 0 Å². The van der Waals surface area contributed by atoms with E-state index in [0.717, 1.165) is 41.2 Å². The van der Waals surface area contributed by atoms with E-state index >= 15 is 0 Å². The van der Waals surface area contributed by atoms with Gasteiger partial charge in [-0.15, -0.1) is 0 Å². The first-order valence-corrected chi connectivity index (χ1v) is 10.8. The molecule has 1 heterocycles. The van der Waals surface area contributed by atoms with Crippen molar-refractivity contribution in [2.75, 3.05) is 19.0 Å². The SMILES string of the molecule is COc1ccc(Nc2ccccc2C(=O)NCc2ccccc2CN2CCCC2=O)cc1. The summed E-state index contributed by atoms with van der Waals surface area (Å²) in [5.41, 5.74) is 4.24. The molecular weight excluding hydrogens is 402 g/mol. The normalized spacial score (nSPS) is 13.2. The summed E-state index contributed by atoms with van der Waals surface area (Å²) in [4.78, 5) is 26.9. The van der Waals surface area contributed by atoms with Crippen molar-refractivity contribution in [2.45, 2.75) is 25.9 Å². The van der Waals surface area contributed by atoms with Gasteiger partial charge in [-0.3, -0.25) is 9.59 Å². The third-order valence-corrected chi connectivity index (χ3v) is 5.63. The average molecular weight is 430 g/mol. The molecule has 2 N–H and O–H groups in total. The maximum atomic E-state index is 13.0. The zero-order chi connectivity index (χ0) is 22.3. The zero-order valence-electron chi connectivity index (χ0n) is 18.1. The number of benzene rings is 3. The van der Waals surface area contributed by atoms with Gasteiger partial charge >= 0.3 is 0 Å². The first-order valence-electron chi connectivity index (χ1n) is 10.8. The largest absolute Gasteiger partial charge is 0.497 e. The highest BCUT2D eigenvalue weighted by Gasteiger charge is 2.21. The van der Waals surface area contributed by atoms with E-state index in [2.05, 4.69) is 10.6 Å². The van der Waals surface area contributed by atoms with Gasteiger partial charge in [0.25, 0.3) is 5.91 Å². The zero-order valence-corrected chi connectivity index (χ0v) is 18.1. The van der Waals surface area contributed by atoms with Crippen LogP contribution in [0.15, 0.2) is 72.8 Å². The first-order chi connectivity index (χ1) is 15.6. The number of likely N-dealkylation sites (tertiary alicyclic amines) is 1. The number of hydrogen-bond donors (Lipinski definition) is 2. The second-order valence-corrected chi connectivity index (χ2v) is 7.77. The summed E-state index contributed by atoms with van der Waals surface area (Å²) < 4.78 is 5.20. The van der Waals surface area contributed by atoms with Gasteiger partial charge in [-0.05, 0) is 53.9 Å². The summed E-state index contributed by atoms with van der Waals surface area (Å²) in [6.45, 7) is 1.78. The highest BCUT2D eigenvalue weighted by molar-refractivity contribution is 6.00. The maximum Gasteiger partial charge on any atom is 0.253 e. The Kier molecular flexibility index (Phi) is 6.70. The highest BCUT2D eigenvalue weighted by Crippen LogP contribution is 2.23. The van der Waals surface area contributed by atoms with E-state index in [1.165, 1.54) is 0 Å². The summed E-state index contributed by atoms with van der Waals surface area (Å²) in [7, 11) is 1.63. The van der Waals surface area contributed by atoms with E-state index in [1.807, 2.05) is 71.6 Å². The van der Waals surface area contributed by atoms with E-state index in [0.29, 0.717) is 25.1 Å². The molecule has 0 aliphatic carbocycles. The van der Waals surface area contributed by atoms with E-state index in [1.54, 1.807) is 13.2 Å². The molecule has 6 heteroatoms. The first kappa shape index (κ1) is 21.4. The molecule has 4 rings (SSSR count). The minimum atomic E-state index is -0.159. The number of rotatable bonds is 8. The molecule has 3 aromatic carbocycles. The molecule has 6 nitrogen and oxygen atoms in total. The molecule has 1 saturated heterocycles. The quantitative estimate of drug-likeness (QED) is 0.554. The topological polar surface area (TPSA) is 70.7 Å². The van der Waals surface area contributed by atoms with Crippen LogP contribution in [-0.4, -0.2) is 30.4 Å². The van der Waals surface area contributed by atoms with Crippen molar-refractivity contribution in [3.63, 3.8) is 0 Å². The molecule has 1 aliphatic heterocycles. The maximum absolute atomic E-state index is 13.0. The summed E-state index contributed by atoms with van der Waals surface area (Å²) in [6.07, 6.45) is 1.53. The van der Waals surface area contributed by atoms with E-state index in [-0.39, 0.29) is 11.8 Å². The molecule has 0 spiro atoms. The lowest BCUT2D eigenvalue weighted by Gasteiger charge is -2.18. The summed E-state index contributed by atoms with van der Waals surface area (Å²) >= 11 is 0. The monoisotopic (exact) mass is 429 g/mol. The van der Waals surface area contributed by atoms with Gasteiger partial charge in [-0.25, -0.2) is 0 Å². The van der Waals surface area contributed by atoms with Crippen molar-refractivity contribution in [2.24, 2.45) is 0 Å². The van der Waals surface area contributed by atoms with E-state index in [9.17, 15) is 9.59 Å². The number of ether oxygens (including phenoxy) is 1. The van der Waals surface area contributed by atoms with Crippen LogP contribution in [0, 0.1) is 0 Å². The molecule has 0 radical (unpaired) electrons. The molecule has 164 valence electrons. The predicted molar refractivity (Wildman–Crippen MR) is 125 cm³/mol. The second-order valence-electron chi connectivity index (χ2n) is 7.77. The number of methoxy groups -OCH3 is 1. The van der Waals surface area contributed by atoms with Crippen molar-refractivity contribution in [1.82, 2.24) is 10.2 Å². The molecule has 0 saturated carbocycles. The number of carbonyl (C=O) groups excluding carboxylic acids is 2. The predicted octanol–water partition coefficient (Wildman–Crippen LogP) is 4.49. The Morgan fingerprint density at radius 3 is 2.41 bits per heavy atom. The Hall–Kier alpha value is -3.80. The molecule has 1 fully saturated rings. The highest BCUT2D eigenvalue weighted by atomic mass is 16.5. The van der Waals surface area contributed by atoms with Crippen LogP contribution < -0.4 is 15.4 Å². The number of nitrogens with zero attached hydrogens (tertiary/aromatic N) is 1. The van der Waals surface area contributed by atoms with Gasteiger partial charge in [0.15, 0.2) is 0 Å². The number of nitrogens with one attached hydrogen (secondary N) is 2. The smallest absolute Gasteiger partial charge is 0.253 e. The van der Waals surface area contributed by atoms with Crippen LogP contribution in [-0.2, 0) is 17.9 Å². The van der Waals surface area contributed by atoms with Gasteiger partial charge < -0.3 is 20.3 Å². The van der Waals surface area contributed by atoms with Gasteiger partial charge in [-0.1, -0.05) is 36.4 Å². The molecular formula is C26H27N3O3. The van der Waals surface area contributed by atoms with Gasteiger partial charge in [-0.2, -0.15) is 0 Å². The molecule has 0 unspecified atom stereocenters. The Morgan fingerprint density at radius 1 is 0.969 bits per heavy atom. The number of hydrogen-bond acceptors (Lipinski definition) is 4. The van der Waals surface area contributed by atoms with Crippen LogP contribution in [0.5, 0.6) is 5.75 Å². The minimum absolute atomic E-state index is 0.159. The fourth-order valence-electron chi connectivity index (χ4n) is 3.85. The lowest BCUT2D eigenvalue weighted by atomic mass is 10.1. The van der Waals surface area contributed by atoms with Crippen molar-refractivity contribution < 1.29 is 14.3 Å². The minimum Gasteiger partial charge on any atom is -0.497 e. The van der Waals surface area contributed by atoms with Crippen LogP contribution in [0.25, 0.3) is 0 Å². The molecule has 0 atom stereocenters. The summed E-state index contributed by atoms with van der Waals surface area (Å²) in [5.74, 6) is 0.812. The molecule has 0 aromatic heterocycles. The standard InChI is InChI=1S/C26H27N3O3/c1-32-22-14-12-21(13-15-22)28-24-10-5-4-9-23(24)26(31)27-17-19-7-2-3-8-20(19)18-29-16-6-11-25(29)30/h2-5,7-10,12-15,28H,6,11,16-18H2,1H3,(H,27,31). The van der Waals surface area contributed by atoms with Gasteiger partial charge in [0, 0.05) is 31.7 Å². The van der Waals surface area contributed by atoms with Gasteiger partial charge in [0.05, 0.1) is 18.4 Å². The van der Waals surface area contributed by atoms with Gasteiger partial charge in [0.1, 0.15) is 5.75 Å². The van der Waals surface area contributed by atoms with Crippen molar-refractivity contribution in [3.05, 3.63) is 89.5 Å². The lowest BCUT2D eigenvalue weighted by molar-refractivity contribution is -0.128. The van der Waals surface area contributed by atoms with Crippen molar-refractivity contribution >= 4 is 23.2 Å². The van der Waals surface area contributed by atoms with Gasteiger partial charge in [0.2, 0.25) is 5.91 Å². The average Bonchev–Trinajstić information content (AvgIpc) is 3.23. The summed E-state index contributed by atoms with van der Waals surface area (Å²) in [6, 6.07) is 22.9. The van der Waals surface area contributed by atoms with Crippen LogP contribution in [0.4, 0.5) is 11.4 Å². The van der Waals surface area contributed by atoms with Crippen LogP contribution in [0.2, 0.25) is 0 Å².